The van der Waals surface area contributed by atoms with Crippen LogP contribution in [0, 0.1) is 5.41 Å². The Morgan fingerprint density at radius 2 is 1.50 bits per heavy atom. The van der Waals surface area contributed by atoms with Crippen LogP contribution in [0.15, 0.2) is 0 Å². The van der Waals surface area contributed by atoms with E-state index in [4.69, 9.17) is 5.11 Å². The lowest BCUT2D eigenvalue weighted by molar-refractivity contribution is 0.326. The third-order valence-electron chi connectivity index (χ3n) is 2.21. The Morgan fingerprint density at radius 3 is 1.75 bits per heavy atom. The Bertz CT molecular complexity index is 135. The van der Waals surface area contributed by atoms with Gasteiger partial charge in [-0.2, -0.15) is 0 Å². The minimum absolute atomic E-state index is 0.230. The van der Waals surface area contributed by atoms with Crippen LogP contribution in [0.4, 0.5) is 0 Å². The highest BCUT2D eigenvalue weighted by atomic mass is 31.1. The maximum atomic E-state index is 9.10. The summed E-state index contributed by atoms with van der Waals surface area (Å²) in [5.41, 5.74) is 0.370. The molecule has 1 atom stereocenters. The maximum Gasteiger partial charge on any atom is 0.0626 e. The molecule has 0 aliphatic rings. The maximum absolute atomic E-state index is 9.10. The van der Waals surface area contributed by atoms with Gasteiger partial charge in [-0.1, -0.05) is 42.5 Å². The van der Waals surface area contributed by atoms with Crippen molar-refractivity contribution in [3.63, 3.8) is 0 Å². The Kier molecular flexibility index (Phi) is 4.20. The van der Waals surface area contributed by atoms with E-state index in [9.17, 15) is 0 Å². The molecular weight excluding hydrogens is 167 g/mol. The van der Waals surface area contributed by atoms with Crippen LogP contribution in [0.3, 0.4) is 0 Å². The third-order valence-corrected chi connectivity index (χ3v) is 4.86. The summed E-state index contributed by atoms with van der Waals surface area (Å²) >= 11 is 0. The van der Waals surface area contributed by atoms with Gasteiger partial charge in [0.2, 0.25) is 0 Å². The highest BCUT2D eigenvalue weighted by Gasteiger charge is 2.29. The van der Waals surface area contributed by atoms with Crippen LogP contribution in [0.1, 0.15) is 41.0 Å². The van der Waals surface area contributed by atoms with Crippen molar-refractivity contribution in [2.75, 3.05) is 13.0 Å². The molecule has 0 unspecified atom stereocenters. The van der Waals surface area contributed by atoms with Crippen molar-refractivity contribution in [3.05, 3.63) is 0 Å². The van der Waals surface area contributed by atoms with E-state index in [1.54, 1.807) is 0 Å². The van der Waals surface area contributed by atoms with Crippen LogP contribution in [-0.2, 0) is 0 Å². The minimum Gasteiger partial charge on any atom is -0.392 e. The van der Waals surface area contributed by atoms with E-state index in [2.05, 4.69) is 41.3 Å². The fourth-order valence-corrected chi connectivity index (χ4v) is 2.75. The average molecular weight is 190 g/mol. The fraction of sp³-hybridized carbons (Fsp3) is 1.00. The molecule has 0 saturated heterocycles. The van der Waals surface area contributed by atoms with Gasteiger partial charge in [-0.3, -0.25) is 0 Å². The molecule has 74 valence electrons. The molecule has 1 N–H and O–H groups in total. The van der Waals surface area contributed by atoms with Gasteiger partial charge in [0.05, 0.1) is 6.35 Å². The van der Waals surface area contributed by atoms with Gasteiger partial charge in [-0.05, 0) is 23.7 Å². The first kappa shape index (κ1) is 12.4. The number of hydrogen-bond acceptors (Lipinski definition) is 1. The summed E-state index contributed by atoms with van der Waals surface area (Å²) in [6.07, 6.45) is 1.54. The lowest BCUT2D eigenvalue weighted by atomic mass is 9.86. The van der Waals surface area contributed by atoms with Crippen molar-refractivity contribution >= 4 is 7.92 Å². The number of aliphatic hydroxyl groups excluding tert-OH is 1. The molecule has 0 bridgehead atoms. The van der Waals surface area contributed by atoms with E-state index in [0.29, 0.717) is 16.9 Å². The molecule has 0 aliphatic heterocycles. The summed E-state index contributed by atoms with van der Waals surface area (Å²) < 4.78 is 0. The van der Waals surface area contributed by atoms with Gasteiger partial charge in [0.1, 0.15) is 0 Å². The van der Waals surface area contributed by atoms with Gasteiger partial charge < -0.3 is 5.11 Å². The summed E-state index contributed by atoms with van der Waals surface area (Å²) in [5.74, 6) is 0. The smallest absolute Gasteiger partial charge is 0.0626 e. The van der Waals surface area contributed by atoms with Crippen LogP contribution in [0.25, 0.3) is 0 Å². The molecule has 2 heteroatoms. The van der Waals surface area contributed by atoms with Gasteiger partial charge >= 0.3 is 0 Å². The van der Waals surface area contributed by atoms with Gasteiger partial charge in [-0.25, -0.2) is 0 Å². The fourth-order valence-electron chi connectivity index (χ4n) is 1.62. The Balaban J connectivity index is 4.22. The molecule has 0 aliphatic carbocycles. The third kappa shape index (κ3) is 4.42. The van der Waals surface area contributed by atoms with Gasteiger partial charge in [0.25, 0.3) is 0 Å². The summed E-state index contributed by atoms with van der Waals surface area (Å²) in [5, 5.41) is 9.40. The SMILES string of the molecule is C[P@@](CO)C(C)(C)CC(C)(C)C. The molecule has 0 amide bonds. The Hall–Kier alpha value is 0.390. The Labute approximate surface area is 78.3 Å². The van der Waals surface area contributed by atoms with Crippen molar-refractivity contribution in [1.82, 2.24) is 0 Å². The van der Waals surface area contributed by atoms with Crippen molar-refractivity contribution in [1.29, 1.82) is 0 Å². The zero-order chi connectivity index (χ0) is 9.99. The largest absolute Gasteiger partial charge is 0.392 e. The lowest BCUT2D eigenvalue weighted by Gasteiger charge is -2.36. The van der Waals surface area contributed by atoms with E-state index >= 15 is 0 Å². The molecule has 0 rings (SSSR count). The predicted molar refractivity (Wildman–Crippen MR) is 58.1 cm³/mol. The zero-order valence-corrected chi connectivity index (χ0v) is 10.2. The average Bonchev–Trinajstić information content (AvgIpc) is 1.80. The number of aliphatic hydroxyl groups is 1. The summed E-state index contributed by atoms with van der Waals surface area (Å²) in [6, 6.07) is 0. The monoisotopic (exact) mass is 190 g/mol. The van der Waals surface area contributed by atoms with Gasteiger partial charge in [0.15, 0.2) is 0 Å². The standard InChI is InChI=1S/C10H23OP/c1-9(2,3)7-10(4,5)12(6)8-11/h11H,7-8H2,1-6H3/t12-/m0/s1. The summed E-state index contributed by atoms with van der Waals surface area (Å²) in [6.45, 7) is 13.5. The van der Waals surface area contributed by atoms with Crippen LogP contribution in [0.5, 0.6) is 0 Å². The molecular formula is C10H23OP. The number of hydrogen-bond donors (Lipinski definition) is 1. The van der Waals surface area contributed by atoms with E-state index in [1.807, 2.05) is 0 Å². The molecule has 0 radical (unpaired) electrons. The van der Waals surface area contributed by atoms with Crippen LogP contribution >= 0.6 is 7.92 Å². The molecule has 0 saturated carbocycles. The van der Waals surface area contributed by atoms with E-state index < -0.39 is 0 Å². The lowest BCUT2D eigenvalue weighted by Crippen LogP contribution is -2.25. The topological polar surface area (TPSA) is 20.2 Å². The Morgan fingerprint density at radius 1 is 1.08 bits per heavy atom. The normalized spacial score (nSPS) is 16.2. The highest BCUT2D eigenvalue weighted by molar-refractivity contribution is 7.58. The van der Waals surface area contributed by atoms with E-state index in [-0.39, 0.29) is 7.92 Å². The second-order valence-corrected chi connectivity index (χ2v) is 8.28. The molecule has 1 nitrogen and oxygen atoms in total. The van der Waals surface area contributed by atoms with Gasteiger partial charge in [-0.15, -0.1) is 0 Å². The van der Waals surface area contributed by atoms with E-state index in [1.165, 1.54) is 6.42 Å². The van der Waals surface area contributed by atoms with E-state index in [0.717, 1.165) is 0 Å². The first-order valence-corrected chi connectivity index (χ1v) is 6.48. The number of rotatable bonds is 3. The summed E-state index contributed by atoms with van der Waals surface area (Å²) in [7, 11) is -0.230. The highest BCUT2D eigenvalue weighted by Crippen LogP contribution is 2.50. The molecule has 12 heavy (non-hydrogen) atoms. The van der Waals surface area contributed by atoms with Crippen LogP contribution in [-0.4, -0.2) is 23.3 Å². The van der Waals surface area contributed by atoms with Crippen molar-refractivity contribution in [2.45, 2.75) is 46.2 Å². The minimum atomic E-state index is -0.230. The van der Waals surface area contributed by atoms with Crippen LogP contribution < -0.4 is 0 Å². The zero-order valence-electron chi connectivity index (χ0n) is 9.31. The molecule has 0 heterocycles. The molecule has 0 aromatic carbocycles. The predicted octanol–water partition coefficient (Wildman–Crippen LogP) is 3.26. The molecule has 0 aromatic rings. The van der Waals surface area contributed by atoms with Crippen molar-refractivity contribution in [2.24, 2.45) is 5.41 Å². The van der Waals surface area contributed by atoms with Crippen molar-refractivity contribution < 1.29 is 5.11 Å². The van der Waals surface area contributed by atoms with Gasteiger partial charge in [0, 0.05) is 0 Å². The first-order valence-electron chi connectivity index (χ1n) is 4.51. The first-order chi connectivity index (χ1) is 5.19. The second kappa shape index (κ2) is 4.07. The van der Waals surface area contributed by atoms with Crippen LogP contribution in [0.2, 0.25) is 0 Å². The summed E-state index contributed by atoms with van der Waals surface area (Å²) in [4.78, 5) is 0. The molecule has 0 fully saturated rings. The quantitative estimate of drug-likeness (QED) is 0.677. The second-order valence-electron chi connectivity index (χ2n) is 5.39. The van der Waals surface area contributed by atoms with Crippen molar-refractivity contribution in [3.8, 4) is 0 Å². The molecule has 0 spiro atoms. The molecule has 0 aromatic heterocycles.